The minimum atomic E-state index is -0.172. The Morgan fingerprint density at radius 3 is 2.58 bits per heavy atom. The number of fused-ring (bicyclic) bond motifs is 1. The number of hydrogen-bond acceptors (Lipinski definition) is 2. The van der Waals surface area contributed by atoms with Gasteiger partial charge in [0.05, 0.1) is 11.2 Å². The fourth-order valence-electron chi connectivity index (χ4n) is 4.07. The summed E-state index contributed by atoms with van der Waals surface area (Å²) in [6, 6.07) is 15.6. The molecule has 3 nitrogen and oxygen atoms in total. The van der Waals surface area contributed by atoms with Crippen LogP contribution in [0.2, 0.25) is 5.02 Å². The standard InChI is InChI=1S/C22H23ClN2O/c23-18-11-12-20-19(15-18)21(17-9-5-2-6-10-17)24-22(26)25(20)14-13-16-7-3-1-4-8-16/h2,5-6,9-12,15-16H,1,3-4,7-8,13-14H2. The van der Waals surface area contributed by atoms with Crippen molar-refractivity contribution in [3.63, 3.8) is 0 Å². The molecule has 0 amide bonds. The Kier molecular flexibility index (Phi) is 5.07. The molecule has 3 aromatic rings. The molecule has 1 aliphatic carbocycles. The maximum Gasteiger partial charge on any atom is 0.348 e. The average molecular weight is 367 g/mol. The smallest absolute Gasteiger partial charge is 0.292 e. The van der Waals surface area contributed by atoms with Crippen LogP contribution in [0.25, 0.3) is 22.2 Å². The van der Waals surface area contributed by atoms with Crippen LogP contribution in [-0.2, 0) is 6.54 Å². The first-order valence-corrected chi connectivity index (χ1v) is 9.86. The Balaban J connectivity index is 1.77. The molecule has 26 heavy (non-hydrogen) atoms. The zero-order valence-corrected chi connectivity index (χ0v) is 15.6. The van der Waals surface area contributed by atoms with E-state index in [4.69, 9.17) is 11.6 Å². The van der Waals surface area contributed by atoms with Crippen LogP contribution in [0.3, 0.4) is 0 Å². The van der Waals surface area contributed by atoms with Crippen molar-refractivity contribution in [1.29, 1.82) is 0 Å². The molecule has 134 valence electrons. The van der Waals surface area contributed by atoms with Crippen LogP contribution in [0.4, 0.5) is 0 Å². The zero-order chi connectivity index (χ0) is 17.9. The Morgan fingerprint density at radius 1 is 1.04 bits per heavy atom. The van der Waals surface area contributed by atoms with Crippen LogP contribution in [0.1, 0.15) is 38.5 Å². The van der Waals surface area contributed by atoms with Crippen molar-refractivity contribution >= 4 is 22.5 Å². The molecule has 0 bridgehead atoms. The van der Waals surface area contributed by atoms with Gasteiger partial charge in [-0.15, -0.1) is 0 Å². The predicted molar refractivity (Wildman–Crippen MR) is 108 cm³/mol. The van der Waals surface area contributed by atoms with Gasteiger partial charge in [0.25, 0.3) is 0 Å². The summed E-state index contributed by atoms with van der Waals surface area (Å²) < 4.78 is 1.83. The third kappa shape index (κ3) is 3.54. The van der Waals surface area contributed by atoms with Gasteiger partial charge in [-0.3, -0.25) is 4.57 Å². The van der Waals surface area contributed by atoms with Crippen molar-refractivity contribution in [3.8, 4) is 11.3 Å². The predicted octanol–water partition coefficient (Wildman–Crippen LogP) is 5.69. The lowest BCUT2D eigenvalue weighted by Crippen LogP contribution is -2.25. The van der Waals surface area contributed by atoms with E-state index in [-0.39, 0.29) is 5.69 Å². The molecule has 0 radical (unpaired) electrons. The van der Waals surface area contributed by atoms with Crippen LogP contribution in [0.5, 0.6) is 0 Å². The Hall–Kier alpha value is -2.13. The number of benzene rings is 2. The third-order valence-corrected chi connectivity index (χ3v) is 5.71. The van der Waals surface area contributed by atoms with E-state index in [9.17, 15) is 4.79 Å². The van der Waals surface area contributed by atoms with Gasteiger partial charge in [0.1, 0.15) is 0 Å². The summed E-state index contributed by atoms with van der Waals surface area (Å²) in [6.07, 6.45) is 7.61. The molecule has 1 saturated carbocycles. The van der Waals surface area contributed by atoms with Crippen LogP contribution in [0, 0.1) is 5.92 Å². The molecule has 0 saturated heterocycles. The third-order valence-electron chi connectivity index (χ3n) is 5.48. The molecule has 0 spiro atoms. The van der Waals surface area contributed by atoms with E-state index in [0.717, 1.165) is 35.3 Å². The molecule has 1 aliphatic rings. The Labute approximate surface area is 158 Å². The maximum atomic E-state index is 12.8. The molecule has 1 fully saturated rings. The number of halogens is 1. The highest BCUT2D eigenvalue weighted by atomic mass is 35.5. The molecular weight excluding hydrogens is 344 g/mol. The zero-order valence-electron chi connectivity index (χ0n) is 14.8. The lowest BCUT2D eigenvalue weighted by atomic mass is 9.87. The Bertz CT molecular complexity index is 959. The number of aryl methyl sites for hydroxylation is 1. The van der Waals surface area contributed by atoms with Gasteiger partial charge < -0.3 is 0 Å². The van der Waals surface area contributed by atoms with Crippen LogP contribution >= 0.6 is 11.6 Å². The summed E-state index contributed by atoms with van der Waals surface area (Å²) in [5, 5.41) is 1.60. The minimum absolute atomic E-state index is 0.172. The molecule has 1 aromatic heterocycles. The van der Waals surface area contributed by atoms with Crippen LogP contribution < -0.4 is 5.69 Å². The summed E-state index contributed by atoms with van der Waals surface area (Å²) in [5.41, 5.74) is 2.40. The van der Waals surface area contributed by atoms with Gasteiger partial charge in [0, 0.05) is 22.5 Å². The van der Waals surface area contributed by atoms with Crippen molar-refractivity contribution in [2.45, 2.75) is 45.1 Å². The van der Waals surface area contributed by atoms with E-state index < -0.39 is 0 Å². The van der Waals surface area contributed by atoms with Gasteiger partial charge in [-0.2, -0.15) is 4.98 Å². The number of nitrogens with zero attached hydrogens (tertiary/aromatic N) is 2. The topological polar surface area (TPSA) is 34.9 Å². The number of aromatic nitrogens is 2. The van der Waals surface area contributed by atoms with Gasteiger partial charge in [0.2, 0.25) is 0 Å². The fraction of sp³-hybridized carbons (Fsp3) is 0.364. The van der Waals surface area contributed by atoms with E-state index in [1.165, 1.54) is 32.1 Å². The van der Waals surface area contributed by atoms with Crippen molar-refractivity contribution in [1.82, 2.24) is 9.55 Å². The van der Waals surface area contributed by atoms with Gasteiger partial charge in [-0.1, -0.05) is 74.0 Å². The highest BCUT2D eigenvalue weighted by molar-refractivity contribution is 6.31. The highest BCUT2D eigenvalue weighted by Gasteiger charge is 2.16. The second-order valence-electron chi connectivity index (χ2n) is 7.21. The van der Waals surface area contributed by atoms with Crippen molar-refractivity contribution in [2.24, 2.45) is 5.92 Å². The molecule has 0 atom stereocenters. The fourth-order valence-corrected chi connectivity index (χ4v) is 4.24. The summed E-state index contributed by atoms with van der Waals surface area (Å²) in [7, 11) is 0. The van der Waals surface area contributed by atoms with Crippen LogP contribution in [0.15, 0.2) is 53.3 Å². The maximum absolute atomic E-state index is 12.8. The molecule has 0 N–H and O–H groups in total. The highest BCUT2D eigenvalue weighted by Crippen LogP contribution is 2.29. The summed E-state index contributed by atoms with van der Waals surface area (Å²) in [4.78, 5) is 17.2. The van der Waals surface area contributed by atoms with E-state index in [2.05, 4.69) is 4.98 Å². The molecule has 2 aromatic carbocycles. The number of hydrogen-bond donors (Lipinski definition) is 0. The second-order valence-corrected chi connectivity index (χ2v) is 7.65. The lowest BCUT2D eigenvalue weighted by molar-refractivity contribution is 0.323. The van der Waals surface area contributed by atoms with Gasteiger partial charge in [-0.25, -0.2) is 4.79 Å². The molecular formula is C22H23ClN2O. The molecule has 4 rings (SSSR count). The quantitative estimate of drug-likeness (QED) is 0.594. The first kappa shape index (κ1) is 17.3. The average Bonchev–Trinajstić information content (AvgIpc) is 2.68. The largest absolute Gasteiger partial charge is 0.348 e. The van der Waals surface area contributed by atoms with Gasteiger partial charge in [-0.05, 0) is 30.5 Å². The van der Waals surface area contributed by atoms with E-state index in [0.29, 0.717) is 10.7 Å². The summed E-state index contributed by atoms with van der Waals surface area (Å²) in [5.74, 6) is 0.729. The molecule has 1 heterocycles. The van der Waals surface area contributed by atoms with Crippen molar-refractivity contribution in [2.75, 3.05) is 0 Å². The summed E-state index contributed by atoms with van der Waals surface area (Å²) >= 11 is 6.25. The first-order chi connectivity index (χ1) is 12.7. The SMILES string of the molecule is O=c1nc(-c2ccccc2)c2cc(Cl)ccc2n1CCC1CCCCC1. The summed E-state index contributed by atoms with van der Waals surface area (Å²) in [6.45, 7) is 0.726. The van der Waals surface area contributed by atoms with E-state index in [1.54, 1.807) is 0 Å². The molecule has 0 aliphatic heterocycles. The van der Waals surface area contributed by atoms with Crippen molar-refractivity contribution in [3.05, 3.63) is 64.0 Å². The normalized spacial score (nSPS) is 15.4. The van der Waals surface area contributed by atoms with Gasteiger partial charge in [0.15, 0.2) is 0 Å². The minimum Gasteiger partial charge on any atom is -0.292 e. The lowest BCUT2D eigenvalue weighted by Gasteiger charge is -2.22. The number of rotatable bonds is 4. The monoisotopic (exact) mass is 366 g/mol. The van der Waals surface area contributed by atoms with Crippen LogP contribution in [-0.4, -0.2) is 9.55 Å². The van der Waals surface area contributed by atoms with E-state index >= 15 is 0 Å². The molecule has 0 unspecified atom stereocenters. The molecule has 4 heteroatoms. The Morgan fingerprint density at radius 2 is 1.81 bits per heavy atom. The first-order valence-electron chi connectivity index (χ1n) is 9.48. The van der Waals surface area contributed by atoms with E-state index in [1.807, 2.05) is 53.1 Å². The second kappa shape index (κ2) is 7.63. The van der Waals surface area contributed by atoms with Gasteiger partial charge >= 0.3 is 5.69 Å². The van der Waals surface area contributed by atoms with Crippen molar-refractivity contribution < 1.29 is 0 Å².